The minimum absolute atomic E-state index is 0.0162. The molecule has 0 atom stereocenters. The maximum Gasteiger partial charge on any atom is 0.349 e. The van der Waals surface area contributed by atoms with Crippen LogP contribution in [-0.4, -0.2) is 17.6 Å². The van der Waals surface area contributed by atoms with Crippen LogP contribution in [0.4, 0.5) is 0 Å². The van der Waals surface area contributed by atoms with Crippen molar-refractivity contribution in [3.05, 3.63) is 74.1 Å². The lowest BCUT2D eigenvalue weighted by Crippen LogP contribution is -2.29. The molecule has 0 spiro atoms. The summed E-state index contributed by atoms with van der Waals surface area (Å²) in [6, 6.07) is 11.2. The normalized spacial score (nSPS) is 10.8. The van der Waals surface area contributed by atoms with E-state index in [9.17, 15) is 14.7 Å². The summed E-state index contributed by atoms with van der Waals surface area (Å²) < 4.78 is 5.09. The van der Waals surface area contributed by atoms with Crippen LogP contribution < -0.4 is 10.9 Å². The quantitative estimate of drug-likeness (QED) is 0.505. The fourth-order valence-electron chi connectivity index (χ4n) is 2.58. The zero-order valence-corrected chi connectivity index (χ0v) is 15.1. The summed E-state index contributed by atoms with van der Waals surface area (Å²) in [5, 5.41) is 13.7. The minimum Gasteiger partial charge on any atom is -0.508 e. The first kappa shape index (κ1) is 18.3. The second kappa shape index (κ2) is 7.81. The van der Waals surface area contributed by atoms with Gasteiger partial charge in [-0.15, -0.1) is 0 Å². The molecule has 7 heteroatoms. The molecule has 3 rings (SSSR count). The summed E-state index contributed by atoms with van der Waals surface area (Å²) in [4.78, 5) is 24.2. The molecule has 0 aliphatic rings. The Bertz CT molecular complexity index is 1030. The molecule has 134 valence electrons. The van der Waals surface area contributed by atoms with Gasteiger partial charge in [-0.05, 0) is 42.7 Å². The van der Waals surface area contributed by atoms with Crippen LogP contribution in [0.1, 0.15) is 22.3 Å². The largest absolute Gasteiger partial charge is 0.508 e. The Morgan fingerprint density at radius 2 is 1.96 bits per heavy atom. The number of fused-ring (bicyclic) bond motifs is 1. The molecule has 1 aromatic heterocycles. The molecular weight excluding hydrogens is 377 g/mol. The average Bonchev–Trinajstić information content (AvgIpc) is 2.61. The average molecular weight is 392 g/mol. The van der Waals surface area contributed by atoms with Gasteiger partial charge in [0.05, 0.1) is 10.0 Å². The zero-order valence-electron chi connectivity index (χ0n) is 13.6. The number of benzene rings is 2. The zero-order chi connectivity index (χ0) is 18.7. The van der Waals surface area contributed by atoms with E-state index in [1.54, 1.807) is 12.1 Å². The lowest BCUT2D eigenvalue weighted by atomic mass is 10.1. The molecular formula is C19H15Cl2NO4. The van der Waals surface area contributed by atoms with Gasteiger partial charge in [0, 0.05) is 18.0 Å². The van der Waals surface area contributed by atoms with E-state index in [0.717, 1.165) is 5.56 Å². The number of aromatic hydroxyl groups is 1. The second-order valence-corrected chi connectivity index (χ2v) is 6.53. The lowest BCUT2D eigenvalue weighted by molar-refractivity contribution is 0.0949. The van der Waals surface area contributed by atoms with Crippen molar-refractivity contribution in [1.29, 1.82) is 0 Å². The van der Waals surface area contributed by atoms with Gasteiger partial charge in [0.1, 0.15) is 16.9 Å². The van der Waals surface area contributed by atoms with Gasteiger partial charge >= 0.3 is 5.63 Å². The van der Waals surface area contributed by atoms with Crippen molar-refractivity contribution >= 4 is 40.1 Å². The van der Waals surface area contributed by atoms with Crippen LogP contribution in [0, 0.1) is 0 Å². The summed E-state index contributed by atoms with van der Waals surface area (Å²) >= 11 is 12.1. The number of carbonyl (C=O) groups excluding carboxylic acids is 1. The van der Waals surface area contributed by atoms with Gasteiger partial charge in [0.15, 0.2) is 0 Å². The molecule has 0 radical (unpaired) electrons. The number of amides is 1. The van der Waals surface area contributed by atoms with E-state index in [1.807, 2.05) is 12.1 Å². The SMILES string of the molecule is O=C(NCCCc1cccc(Cl)c1Cl)c1cc2ccc(O)cc2oc1=O. The molecule has 0 unspecified atom stereocenters. The molecule has 3 aromatic rings. The highest BCUT2D eigenvalue weighted by Gasteiger charge is 2.13. The van der Waals surface area contributed by atoms with E-state index in [4.69, 9.17) is 27.6 Å². The van der Waals surface area contributed by atoms with E-state index in [1.165, 1.54) is 18.2 Å². The molecule has 0 aliphatic heterocycles. The highest BCUT2D eigenvalue weighted by atomic mass is 35.5. The van der Waals surface area contributed by atoms with E-state index < -0.39 is 11.5 Å². The van der Waals surface area contributed by atoms with Crippen LogP contribution in [0.2, 0.25) is 10.0 Å². The van der Waals surface area contributed by atoms with Crippen LogP contribution in [0.5, 0.6) is 5.75 Å². The standard InChI is InChI=1S/C19H15Cl2NO4/c20-15-5-1-3-11(17(15)21)4-2-8-22-18(24)14-9-12-6-7-13(23)10-16(12)26-19(14)25/h1,3,5-7,9-10,23H,2,4,8H2,(H,22,24). The Kier molecular flexibility index (Phi) is 5.49. The molecule has 1 heterocycles. The van der Waals surface area contributed by atoms with Crippen molar-refractivity contribution in [2.75, 3.05) is 6.54 Å². The molecule has 1 amide bonds. The first-order valence-electron chi connectivity index (χ1n) is 7.93. The molecule has 0 bridgehead atoms. The highest BCUT2D eigenvalue weighted by molar-refractivity contribution is 6.42. The highest BCUT2D eigenvalue weighted by Crippen LogP contribution is 2.26. The Hall–Kier alpha value is -2.50. The Morgan fingerprint density at radius 1 is 1.15 bits per heavy atom. The number of nitrogens with one attached hydrogen (secondary N) is 1. The number of aryl methyl sites for hydroxylation is 1. The second-order valence-electron chi connectivity index (χ2n) is 5.74. The van der Waals surface area contributed by atoms with E-state index >= 15 is 0 Å². The number of hydrogen-bond acceptors (Lipinski definition) is 4. The molecule has 0 saturated carbocycles. The predicted octanol–water partition coefficient (Wildman–Crippen LogP) is 4.17. The van der Waals surface area contributed by atoms with Crippen LogP contribution in [0.25, 0.3) is 11.0 Å². The molecule has 0 saturated heterocycles. The smallest absolute Gasteiger partial charge is 0.349 e. The van der Waals surface area contributed by atoms with E-state index in [0.29, 0.717) is 34.8 Å². The van der Waals surface area contributed by atoms with Gasteiger partial charge in [-0.3, -0.25) is 4.79 Å². The summed E-state index contributed by atoms with van der Waals surface area (Å²) in [6.07, 6.45) is 1.28. The van der Waals surface area contributed by atoms with Crippen LogP contribution >= 0.6 is 23.2 Å². The molecule has 2 aromatic carbocycles. The first-order chi connectivity index (χ1) is 12.5. The van der Waals surface area contributed by atoms with Gasteiger partial charge < -0.3 is 14.8 Å². The summed E-state index contributed by atoms with van der Waals surface area (Å²) in [6.45, 7) is 0.370. The van der Waals surface area contributed by atoms with Gasteiger partial charge in [-0.25, -0.2) is 4.79 Å². The summed E-state index contributed by atoms with van der Waals surface area (Å²) in [5.41, 5.74) is 0.294. The van der Waals surface area contributed by atoms with Crippen LogP contribution in [-0.2, 0) is 6.42 Å². The molecule has 0 aliphatic carbocycles. The van der Waals surface area contributed by atoms with Crippen LogP contribution in [0.3, 0.4) is 0 Å². The van der Waals surface area contributed by atoms with Gasteiger partial charge in [-0.2, -0.15) is 0 Å². The monoisotopic (exact) mass is 391 g/mol. The predicted molar refractivity (Wildman–Crippen MR) is 101 cm³/mol. The molecule has 26 heavy (non-hydrogen) atoms. The Morgan fingerprint density at radius 3 is 2.77 bits per heavy atom. The third-order valence-electron chi connectivity index (χ3n) is 3.90. The van der Waals surface area contributed by atoms with Crippen molar-refractivity contribution in [1.82, 2.24) is 5.32 Å². The molecule has 0 fully saturated rings. The number of phenols is 1. The number of carbonyl (C=O) groups is 1. The Balaban J connectivity index is 1.64. The third kappa shape index (κ3) is 4.00. The maximum absolute atomic E-state index is 12.2. The Labute approximate surface area is 159 Å². The van der Waals surface area contributed by atoms with Gasteiger partial charge in [-0.1, -0.05) is 35.3 Å². The fraction of sp³-hybridized carbons (Fsp3) is 0.158. The van der Waals surface area contributed by atoms with Crippen molar-refractivity contribution in [2.24, 2.45) is 0 Å². The van der Waals surface area contributed by atoms with Gasteiger partial charge in [0.2, 0.25) is 0 Å². The van der Waals surface area contributed by atoms with Crippen molar-refractivity contribution < 1.29 is 14.3 Å². The lowest BCUT2D eigenvalue weighted by Gasteiger charge is -2.07. The number of rotatable bonds is 5. The summed E-state index contributed by atoms with van der Waals surface area (Å²) in [5.74, 6) is -0.525. The van der Waals surface area contributed by atoms with E-state index in [-0.39, 0.29) is 16.9 Å². The van der Waals surface area contributed by atoms with Gasteiger partial charge in [0.25, 0.3) is 5.91 Å². The minimum atomic E-state index is -0.751. The van der Waals surface area contributed by atoms with Crippen molar-refractivity contribution in [2.45, 2.75) is 12.8 Å². The van der Waals surface area contributed by atoms with E-state index in [2.05, 4.69) is 5.32 Å². The number of phenolic OH excluding ortho intramolecular Hbond substituents is 1. The fourth-order valence-corrected chi connectivity index (χ4v) is 2.99. The van der Waals surface area contributed by atoms with Crippen LogP contribution in [0.15, 0.2) is 51.7 Å². The van der Waals surface area contributed by atoms with Crippen molar-refractivity contribution in [3.63, 3.8) is 0 Å². The first-order valence-corrected chi connectivity index (χ1v) is 8.69. The molecule has 5 nitrogen and oxygen atoms in total. The molecule has 2 N–H and O–H groups in total. The maximum atomic E-state index is 12.2. The topological polar surface area (TPSA) is 79.5 Å². The number of hydrogen-bond donors (Lipinski definition) is 2. The number of halogens is 2. The third-order valence-corrected chi connectivity index (χ3v) is 4.76. The summed E-state index contributed by atoms with van der Waals surface area (Å²) in [7, 11) is 0. The van der Waals surface area contributed by atoms with Crippen molar-refractivity contribution in [3.8, 4) is 5.75 Å².